The number of carbonyl (C=O) groups is 4. The highest BCUT2D eigenvalue weighted by Gasteiger charge is 2.37. The first-order valence-electron chi connectivity index (χ1n) is 10.9. The normalized spacial score (nSPS) is 21.2. The zero-order chi connectivity index (χ0) is 22.8. The van der Waals surface area contributed by atoms with Crippen LogP contribution < -0.4 is 5.32 Å². The van der Waals surface area contributed by atoms with E-state index in [2.05, 4.69) is 12.2 Å². The van der Waals surface area contributed by atoms with E-state index in [4.69, 9.17) is 9.15 Å². The Morgan fingerprint density at radius 3 is 2.62 bits per heavy atom. The lowest BCUT2D eigenvalue weighted by Crippen LogP contribution is -2.46. The molecule has 8 nitrogen and oxygen atoms in total. The lowest BCUT2D eigenvalue weighted by molar-refractivity contribution is -0.130. The summed E-state index contributed by atoms with van der Waals surface area (Å²) in [5.41, 5.74) is 0.453. The number of furan rings is 1. The van der Waals surface area contributed by atoms with Gasteiger partial charge in [-0.05, 0) is 56.0 Å². The molecule has 1 aromatic heterocycles. The average molecular weight is 438 g/mol. The van der Waals surface area contributed by atoms with Gasteiger partial charge in [0.25, 0.3) is 17.7 Å². The van der Waals surface area contributed by atoms with Gasteiger partial charge in [0.15, 0.2) is 6.10 Å². The number of ether oxygens (including phenoxy) is 1. The standard InChI is InChI=1S/C24H26N2O6/c1-14-6-3-4-8-20(14)25-21(27)15(2)32-24(30)16-9-10-18-19(12-16)23(29)26(22(18)28)13-17-7-5-11-31-17/h5,7,9-12,14-15,20H,3-4,6,8,13H2,1-2H3,(H,25,27). The molecule has 0 radical (unpaired) electrons. The number of imide groups is 1. The SMILES string of the molecule is CC(OC(=O)c1ccc2c(c1)C(=O)N(Cc1ccco1)C2=O)C(=O)NC1CCCCC1C. The fraction of sp³-hybridized carbons (Fsp3) is 0.417. The third kappa shape index (κ3) is 4.30. The third-order valence-corrected chi connectivity index (χ3v) is 6.19. The maximum absolute atomic E-state index is 12.7. The Morgan fingerprint density at radius 1 is 1.16 bits per heavy atom. The lowest BCUT2D eigenvalue weighted by atomic mass is 9.86. The summed E-state index contributed by atoms with van der Waals surface area (Å²) in [4.78, 5) is 51.5. The second kappa shape index (κ2) is 8.98. The smallest absolute Gasteiger partial charge is 0.338 e. The molecule has 0 spiro atoms. The molecule has 2 aromatic rings. The van der Waals surface area contributed by atoms with Crippen molar-refractivity contribution < 1.29 is 28.3 Å². The minimum atomic E-state index is -0.974. The molecule has 2 aliphatic rings. The zero-order valence-corrected chi connectivity index (χ0v) is 18.1. The maximum atomic E-state index is 12.7. The van der Waals surface area contributed by atoms with Gasteiger partial charge in [0, 0.05) is 6.04 Å². The minimum Gasteiger partial charge on any atom is -0.467 e. The van der Waals surface area contributed by atoms with Gasteiger partial charge < -0.3 is 14.5 Å². The number of carbonyl (C=O) groups excluding carboxylic acids is 4. The molecule has 3 unspecified atom stereocenters. The van der Waals surface area contributed by atoms with Crippen LogP contribution >= 0.6 is 0 Å². The maximum Gasteiger partial charge on any atom is 0.338 e. The molecule has 3 atom stereocenters. The molecule has 1 aliphatic heterocycles. The molecule has 4 rings (SSSR count). The highest BCUT2D eigenvalue weighted by atomic mass is 16.5. The monoisotopic (exact) mass is 438 g/mol. The summed E-state index contributed by atoms with van der Waals surface area (Å²) in [5, 5.41) is 2.98. The highest BCUT2D eigenvalue weighted by Crippen LogP contribution is 2.27. The summed E-state index contributed by atoms with van der Waals surface area (Å²) in [7, 11) is 0. The number of esters is 1. The summed E-state index contributed by atoms with van der Waals surface area (Å²) in [6, 6.07) is 7.63. The van der Waals surface area contributed by atoms with Crippen molar-refractivity contribution in [1.82, 2.24) is 10.2 Å². The first-order valence-corrected chi connectivity index (χ1v) is 10.9. The van der Waals surface area contributed by atoms with Crippen LogP contribution in [0.4, 0.5) is 0 Å². The van der Waals surface area contributed by atoms with Crippen molar-refractivity contribution >= 4 is 23.7 Å². The number of hydrogen-bond acceptors (Lipinski definition) is 6. The Balaban J connectivity index is 1.41. The van der Waals surface area contributed by atoms with E-state index in [1.54, 1.807) is 12.1 Å². The quantitative estimate of drug-likeness (QED) is 0.548. The number of benzene rings is 1. The molecule has 2 heterocycles. The highest BCUT2D eigenvalue weighted by molar-refractivity contribution is 6.21. The summed E-state index contributed by atoms with van der Waals surface area (Å²) in [5.74, 6) is -1.15. The molecular formula is C24H26N2O6. The summed E-state index contributed by atoms with van der Waals surface area (Å²) in [6.45, 7) is 3.64. The van der Waals surface area contributed by atoms with E-state index in [1.165, 1.54) is 31.4 Å². The molecule has 0 saturated heterocycles. The minimum absolute atomic E-state index is 0.00984. The van der Waals surface area contributed by atoms with Gasteiger partial charge in [0.05, 0.1) is 29.5 Å². The predicted molar refractivity (Wildman–Crippen MR) is 114 cm³/mol. The van der Waals surface area contributed by atoms with E-state index in [-0.39, 0.29) is 35.2 Å². The van der Waals surface area contributed by atoms with Gasteiger partial charge in [0.1, 0.15) is 5.76 Å². The van der Waals surface area contributed by atoms with E-state index in [0.29, 0.717) is 11.7 Å². The van der Waals surface area contributed by atoms with Crippen molar-refractivity contribution in [2.24, 2.45) is 5.92 Å². The van der Waals surface area contributed by atoms with Crippen molar-refractivity contribution in [1.29, 1.82) is 0 Å². The van der Waals surface area contributed by atoms with E-state index in [1.807, 2.05) is 0 Å². The Hall–Kier alpha value is -3.42. The van der Waals surface area contributed by atoms with Crippen molar-refractivity contribution in [3.8, 4) is 0 Å². The van der Waals surface area contributed by atoms with E-state index in [9.17, 15) is 19.2 Å². The van der Waals surface area contributed by atoms with Crippen molar-refractivity contribution in [3.05, 3.63) is 59.0 Å². The molecule has 1 aromatic carbocycles. The van der Waals surface area contributed by atoms with Gasteiger partial charge in [0.2, 0.25) is 0 Å². The summed E-state index contributed by atoms with van der Waals surface area (Å²) >= 11 is 0. The van der Waals surface area contributed by atoms with Crippen molar-refractivity contribution in [3.63, 3.8) is 0 Å². The first kappa shape index (κ1) is 21.8. The van der Waals surface area contributed by atoms with Gasteiger partial charge in [-0.15, -0.1) is 0 Å². The lowest BCUT2D eigenvalue weighted by Gasteiger charge is -2.30. The summed E-state index contributed by atoms with van der Waals surface area (Å²) in [6.07, 6.45) is 4.71. The fourth-order valence-electron chi connectivity index (χ4n) is 4.23. The van der Waals surface area contributed by atoms with Crippen LogP contribution in [0.15, 0.2) is 41.0 Å². The molecule has 0 bridgehead atoms. The molecule has 1 aliphatic carbocycles. The second-order valence-electron chi connectivity index (χ2n) is 8.46. The second-order valence-corrected chi connectivity index (χ2v) is 8.46. The number of nitrogens with zero attached hydrogens (tertiary/aromatic N) is 1. The number of rotatable bonds is 6. The topological polar surface area (TPSA) is 106 Å². The molecule has 1 fully saturated rings. The van der Waals surface area contributed by atoms with Gasteiger partial charge in [-0.3, -0.25) is 19.3 Å². The van der Waals surface area contributed by atoms with Gasteiger partial charge in [-0.25, -0.2) is 4.79 Å². The Morgan fingerprint density at radius 2 is 1.91 bits per heavy atom. The van der Waals surface area contributed by atoms with Crippen LogP contribution in [0.3, 0.4) is 0 Å². The van der Waals surface area contributed by atoms with Crippen LogP contribution in [0.1, 0.15) is 76.4 Å². The molecule has 1 N–H and O–H groups in total. The van der Waals surface area contributed by atoms with Crippen LogP contribution in [-0.4, -0.2) is 40.7 Å². The van der Waals surface area contributed by atoms with E-state index >= 15 is 0 Å². The van der Waals surface area contributed by atoms with Crippen LogP contribution in [-0.2, 0) is 16.1 Å². The molecule has 168 valence electrons. The van der Waals surface area contributed by atoms with Crippen LogP contribution in [0.2, 0.25) is 0 Å². The molecule has 3 amide bonds. The van der Waals surface area contributed by atoms with Crippen LogP contribution in [0, 0.1) is 5.92 Å². The Labute approximate surface area is 185 Å². The van der Waals surface area contributed by atoms with E-state index < -0.39 is 23.9 Å². The first-order chi connectivity index (χ1) is 15.3. The van der Waals surface area contributed by atoms with Gasteiger partial charge >= 0.3 is 5.97 Å². The van der Waals surface area contributed by atoms with Crippen LogP contribution in [0.25, 0.3) is 0 Å². The number of fused-ring (bicyclic) bond motifs is 1. The molecule has 1 saturated carbocycles. The Kier molecular flexibility index (Phi) is 6.12. The molecular weight excluding hydrogens is 412 g/mol. The van der Waals surface area contributed by atoms with Crippen molar-refractivity contribution in [2.75, 3.05) is 0 Å². The fourth-order valence-corrected chi connectivity index (χ4v) is 4.23. The number of nitrogens with one attached hydrogen (secondary N) is 1. The van der Waals surface area contributed by atoms with Gasteiger partial charge in [-0.2, -0.15) is 0 Å². The van der Waals surface area contributed by atoms with Crippen molar-refractivity contribution in [2.45, 2.75) is 58.2 Å². The predicted octanol–water partition coefficient (Wildman–Crippen LogP) is 3.32. The number of hydrogen-bond donors (Lipinski definition) is 1. The number of amides is 3. The zero-order valence-electron chi connectivity index (χ0n) is 18.1. The average Bonchev–Trinajstić information content (AvgIpc) is 3.38. The Bertz CT molecular complexity index is 1040. The third-order valence-electron chi connectivity index (χ3n) is 6.19. The summed E-state index contributed by atoms with van der Waals surface area (Å²) < 4.78 is 10.6. The largest absolute Gasteiger partial charge is 0.467 e. The van der Waals surface area contributed by atoms with Crippen LogP contribution in [0.5, 0.6) is 0 Å². The van der Waals surface area contributed by atoms with E-state index in [0.717, 1.165) is 30.6 Å². The van der Waals surface area contributed by atoms with Gasteiger partial charge in [-0.1, -0.05) is 19.8 Å². The molecule has 8 heteroatoms. The molecule has 32 heavy (non-hydrogen) atoms.